The maximum absolute atomic E-state index is 12.3. The van der Waals surface area contributed by atoms with E-state index in [1.807, 2.05) is 11.4 Å². The molecule has 8 heteroatoms. The normalized spacial score (nSPS) is 15.4. The third-order valence-electron chi connectivity index (χ3n) is 4.55. The van der Waals surface area contributed by atoms with Crippen LogP contribution in [0.4, 0.5) is 5.69 Å². The van der Waals surface area contributed by atoms with Crippen molar-refractivity contribution in [2.45, 2.75) is 26.2 Å². The quantitative estimate of drug-likeness (QED) is 0.640. The van der Waals surface area contributed by atoms with Crippen molar-refractivity contribution < 1.29 is 19.1 Å². The molecule has 1 aliphatic carbocycles. The van der Waals surface area contributed by atoms with Gasteiger partial charge in [0.2, 0.25) is 5.91 Å². The number of hydrogen-bond acceptors (Lipinski definition) is 5. The molecule has 28 heavy (non-hydrogen) atoms. The maximum atomic E-state index is 12.3. The van der Waals surface area contributed by atoms with Gasteiger partial charge >= 0.3 is 5.97 Å². The lowest BCUT2D eigenvalue weighted by Crippen LogP contribution is -2.35. The van der Waals surface area contributed by atoms with Crippen molar-refractivity contribution in [3.8, 4) is 0 Å². The highest BCUT2D eigenvalue weighted by molar-refractivity contribution is 9.10. The number of rotatable bonds is 6. The molecule has 1 heterocycles. The van der Waals surface area contributed by atoms with E-state index in [9.17, 15) is 14.4 Å². The van der Waals surface area contributed by atoms with E-state index in [0.29, 0.717) is 17.2 Å². The zero-order valence-electron chi connectivity index (χ0n) is 15.4. The van der Waals surface area contributed by atoms with Gasteiger partial charge in [-0.25, -0.2) is 4.79 Å². The Hall–Kier alpha value is -2.19. The summed E-state index contributed by atoms with van der Waals surface area (Å²) in [7, 11) is 0. The van der Waals surface area contributed by atoms with Gasteiger partial charge in [0.05, 0.1) is 17.8 Å². The Kier molecular flexibility index (Phi) is 6.85. The molecule has 2 amide bonds. The predicted octanol–water partition coefficient (Wildman–Crippen LogP) is 3.55. The number of hydrogen-bond donors (Lipinski definition) is 2. The Bertz CT molecular complexity index is 896. The lowest BCUT2D eigenvalue weighted by molar-refractivity contribution is -0.126. The van der Waals surface area contributed by atoms with Crippen LogP contribution in [0, 0.1) is 5.92 Å². The molecular formula is C20H21BrN2O4S. The number of esters is 1. The van der Waals surface area contributed by atoms with Gasteiger partial charge in [-0.05, 0) is 58.8 Å². The third kappa shape index (κ3) is 5.20. The van der Waals surface area contributed by atoms with E-state index >= 15 is 0 Å². The van der Waals surface area contributed by atoms with Crippen molar-refractivity contribution in [1.82, 2.24) is 5.32 Å². The van der Waals surface area contributed by atoms with Gasteiger partial charge < -0.3 is 15.4 Å². The summed E-state index contributed by atoms with van der Waals surface area (Å²) in [6, 6.07) is 7.18. The summed E-state index contributed by atoms with van der Waals surface area (Å²) in [6.45, 7) is 1.59. The minimum absolute atomic E-state index is 0.205. The summed E-state index contributed by atoms with van der Waals surface area (Å²) in [5.41, 5.74) is 2.23. The van der Waals surface area contributed by atoms with Crippen LogP contribution in [0.5, 0.6) is 0 Å². The molecule has 0 fully saturated rings. The Morgan fingerprint density at radius 1 is 1.25 bits per heavy atom. The van der Waals surface area contributed by atoms with E-state index in [0.717, 1.165) is 29.3 Å². The minimum atomic E-state index is -0.520. The topological polar surface area (TPSA) is 84.5 Å². The number of para-hydroxylation sites is 1. The first-order chi connectivity index (χ1) is 13.4. The molecule has 0 saturated carbocycles. The van der Waals surface area contributed by atoms with E-state index in [1.165, 1.54) is 4.88 Å². The number of halogens is 1. The number of benzene rings is 1. The van der Waals surface area contributed by atoms with Crippen molar-refractivity contribution in [1.29, 1.82) is 0 Å². The fourth-order valence-corrected chi connectivity index (χ4v) is 4.66. The molecule has 0 radical (unpaired) electrons. The molecule has 1 atom stereocenters. The Morgan fingerprint density at radius 2 is 2.04 bits per heavy atom. The second kappa shape index (κ2) is 9.34. The average Bonchev–Trinajstić information content (AvgIpc) is 3.09. The molecule has 1 unspecified atom stereocenters. The number of carbonyl (C=O) groups excluding carboxylic acids is 3. The number of anilines is 1. The van der Waals surface area contributed by atoms with Gasteiger partial charge in [-0.1, -0.05) is 19.1 Å². The van der Waals surface area contributed by atoms with Crippen LogP contribution >= 0.6 is 27.3 Å². The van der Waals surface area contributed by atoms with Gasteiger partial charge in [-0.2, -0.15) is 0 Å². The first-order valence-corrected chi connectivity index (χ1v) is 10.7. The monoisotopic (exact) mass is 464 g/mol. The summed E-state index contributed by atoms with van der Waals surface area (Å²) < 4.78 is 5.87. The molecule has 1 aromatic heterocycles. The molecule has 0 aliphatic heterocycles. The van der Waals surface area contributed by atoms with Gasteiger partial charge in [-0.15, -0.1) is 11.3 Å². The molecule has 1 aliphatic rings. The van der Waals surface area contributed by atoms with Crippen molar-refractivity contribution in [3.05, 3.63) is 50.1 Å². The maximum Gasteiger partial charge on any atom is 0.339 e. The first-order valence-electron chi connectivity index (χ1n) is 9.01. The summed E-state index contributed by atoms with van der Waals surface area (Å²) in [5, 5.41) is 6.95. The van der Waals surface area contributed by atoms with Crippen LogP contribution in [0.3, 0.4) is 0 Å². The van der Waals surface area contributed by atoms with Crippen LogP contribution in [-0.4, -0.2) is 30.9 Å². The van der Waals surface area contributed by atoms with E-state index in [-0.39, 0.29) is 12.5 Å². The van der Waals surface area contributed by atoms with Crippen molar-refractivity contribution in [3.63, 3.8) is 0 Å². The molecule has 148 valence electrons. The van der Waals surface area contributed by atoms with Gasteiger partial charge in [0.25, 0.3) is 5.91 Å². The molecule has 2 aromatic rings. The number of amides is 2. The number of fused-ring (bicyclic) bond motifs is 1. The average molecular weight is 465 g/mol. The van der Waals surface area contributed by atoms with E-state index < -0.39 is 18.5 Å². The van der Waals surface area contributed by atoms with E-state index in [4.69, 9.17) is 4.74 Å². The van der Waals surface area contributed by atoms with Gasteiger partial charge in [-0.3, -0.25) is 9.59 Å². The smallest absolute Gasteiger partial charge is 0.339 e. The molecule has 3 rings (SSSR count). The SMILES string of the molecule is CC1CCc2c(C(=O)OCC(=O)NCC(=O)Nc3ccccc3Br)csc2C1. The highest BCUT2D eigenvalue weighted by atomic mass is 79.9. The molecule has 0 spiro atoms. The number of thiophene rings is 1. The molecular weight excluding hydrogens is 444 g/mol. The van der Waals surface area contributed by atoms with Crippen LogP contribution in [0.2, 0.25) is 0 Å². The fourth-order valence-electron chi connectivity index (χ4n) is 3.04. The fraction of sp³-hybridized carbons (Fsp3) is 0.350. The van der Waals surface area contributed by atoms with E-state index in [1.54, 1.807) is 29.5 Å². The number of carbonyl (C=O) groups is 3. The van der Waals surface area contributed by atoms with E-state index in [2.05, 4.69) is 33.5 Å². The summed E-state index contributed by atoms with van der Waals surface area (Å²) in [4.78, 5) is 37.4. The van der Waals surface area contributed by atoms with Crippen molar-refractivity contribution in [2.24, 2.45) is 5.92 Å². The largest absolute Gasteiger partial charge is 0.452 e. The molecule has 2 N–H and O–H groups in total. The number of nitrogens with one attached hydrogen (secondary N) is 2. The zero-order valence-corrected chi connectivity index (χ0v) is 17.8. The van der Waals surface area contributed by atoms with Crippen LogP contribution in [-0.2, 0) is 27.2 Å². The Balaban J connectivity index is 1.44. The number of ether oxygens (including phenoxy) is 1. The van der Waals surface area contributed by atoms with Gasteiger partial charge in [0.15, 0.2) is 6.61 Å². The highest BCUT2D eigenvalue weighted by Gasteiger charge is 2.24. The Morgan fingerprint density at radius 3 is 2.82 bits per heavy atom. The second-order valence-electron chi connectivity index (χ2n) is 6.78. The Labute approximate surface area is 175 Å². The molecule has 0 saturated heterocycles. The third-order valence-corrected chi connectivity index (χ3v) is 6.29. The van der Waals surface area contributed by atoms with Crippen LogP contribution in [0.25, 0.3) is 0 Å². The zero-order chi connectivity index (χ0) is 20.1. The lowest BCUT2D eigenvalue weighted by Gasteiger charge is -2.18. The molecule has 1 aromatic carbocycles. The van der Waals surface area contributed by atoms with Crippen LogP contribution < -0.4 is 10.6 Å². The summed E-state index contributed by atoms with van der Waals surface area (Å²) in [5.74, 6) is -0.746. The highest BCUT2D eigenvalue weighted by Crippen LogP contribution is 2.33. The van der Waals surface area contributed by atoms with Crippen molar-refractivity contribution in [2.75, 3.05) is 18.5 Å². The van der Waals surface area contributed by atoms with Gasteiger partial charge in [0, 0.05) is 14.7 Å². The van der Waals surface area contributed by atoms with Crippen molar-refractivity contribution >= 4 is 50.7 Å². The predicted molar refractivity (Wildman–Crippen MR) is 112 cm³/mol. The van der Waals surface area contributed by atoms with Gasteiger partial charge in [0.1, 0.15) is 0 Å². The first kappa shape index (κ1) is 20.5. The standard InChI is InChI=1S/C20H21BrN2O4S/c1-12-6-7-13-14(11-28-17(13)8-12)20(26)27-10-19(25)22-9-18(24)23-16-5-3-2-4-15(16)21/h2-5,11-12H,6-10H2,1H3,(H,22,25)(H,23,24). The lowest BCUT2D eigenvalue weighted by atomic mass is 9.88. The molecule has 0 bridgehead atoms. The second-order valence-corrected chi connectivity index (χ2v) is 8.60. The summed E-state index contributed by atoms with van der Waals surface area (Å²) in [6.07, 6.45) is 2.91. The van der Waals surface area contributed by atoms with Crippen LogP contribution in [0.1, 0.15) is 34.1 Å². The minimum Gasteiger partial charge on any atom is -0.452 e. The molecule has 6 nitrogen and oxygen atoms in total. The summed E-state index contributed by atoms with van der Waals surface area (Å²) >= 11 is 4.91. The van der Waals surface area contributed by atoms with Crippen LogP contribution in [0.15, 0.2) is 34.1 Å².